The third-order valence-corrected chi connectivity index (χ3v) is 14.6. The van der Waals surface area contributed by atoms with Crippen LogP contribution < -0.4 is 5.32 Å². The monoisotopic (exact) mass is 998 g/mol. The van der Waals surface area contributed by atoms with Crippen molar-refractivity contribution in [2.24, 2.45) is 0 Å². The number of nitrogens with one attached hydrogen (secondary N) is 1. The molecule has 6 nitrogen and oxygen atoms in total. The van der Waals surface area contributed by atoms with E-state index in [9.17, 15) is 19.8 Å². The minimum absolute atomic E-state index is 0.00510. The molecule has 0 aliphatic carbocycles. The lowest BCUT2D eigenvalue weighted by Gasteiger charge is -2.20. The lowest BCUT2D eigenvalue weighted by atomic mass is 10.0. The molecule has 3 N–H and O–H groups in total. The van der Waals surface area contributed by atoms with Crippen LogP contribution >= 0.6 is 0 Å². The van der Waals surface area contributed by atoms with Crippen LogP contribution in [0.1, 0.15) is 341 Å². The van der Waals surface area contributed by atoms with Crippen LogP contribution in [-0.4, -0.2) is 47.4 Å². The number of rotatable bonds is 59. The third-order valence-electron chi connectivity index (χ3n) is 14.6. The van der Waals surface area contributed by atoms with Crippen LogP contribution in [0.15, 0.2) is 36.5 Å². The highest BCUT2D eigenvalue weighted by Gasteiger charge is 2.18. The van der Waals surface area contributed by atoms with Gasteiger partial charge in [-0.05, 0) is 83.5 Å². The summed E-state index contributed by atoms with van der Waals surface area (Å²) in [7, 11) is 0. The molecule has 0 fully saturated rings. The molecule has 71 heavy (non-hydrogen) atoms. The number of unbranched alkanes of at least 4 members (excludes halogenated alkanes) is 44. The number of carbonyl (C=O) groups excluding carboxylic acids is 2. The Kier molecular flexibility index (Phi) is 59.0. The summed E-state index contributed by atoms with van der Waals surface area (Å²) in [5.41, 5.74) is 0. The number of ether oxygens (including phenoxy) is 1. The number of amides is 1. The lowest BCUT2D eigenvalue weighted by Crippen LogP contribution is -2.45. The Morgan fingerprint density at radius 3 is 1.00 bits per heavy atom. The fourth-order valence-corrected chi connectivity index (χ4v) is 9.74. The van der Waals surface area contributed by atoms with Gasteiger partial charge in [0.05, 0.1) is 25.4 Å². The second-order valence-corrected chi connectivity index (χ2v) is 21.7. The topological polar surface area (TPSA) is 95.9 Å². The van der Waals surface area contributed by atoms with Crippen molar-refractivity contribution in [3.63, 3.8) is 0 Å². The van der Waals surface area contributed by atoms with Gasteiger partial charge in [-0.3, -0.25) is 9.59 Å². The quantitative estimate of drug-likeness (QED) is 0.0321. The van der Waals surface area contributed by atoms with Crippen LogP contribution in [0.25, 0.3) is 0 Å². The van der Waals surface area contributed by atoms with Crippen molar-refractivity contribution in [2.45, 2.75) is 353 Å². The van der Waals surface area contributed by atoms with E-state index in [0.29, 0.717) is 19.4 Å². The van der Waals surface area contributed by atoms with Gasteiger partial charge in [-0.15, -0.1) is 0 Å². The average molecular weight is 999 g/mol. The Morgan fingerprint density at radius 2 is 0.662 bits per heavy atom. The first-order valence-electron chi connectivity index (χ1n) is 31.8. The van der Waals surface area contributed by atoms with Crippen LogP contribution in [0, 0.1) is 0 Å². The molecule has 0 rings (SSSR count). The van der Waals surface area contributed by atoms with Gasteiger partial charge in [0, 0.05) is 12.8 Å². The molecule has 0 aliphatic heterocycles. The first-order valence-corrected chi connectivity index (χ1v) is 31.8. The van der Waals surface area contributed by atoms with Gasteiger partial charge in [0.2, 0.25) is 5.91 Å². The smallest absolute Gasteiger partial charge is 0.305 e. The predicted octanol–water partition coefficient (Wildman–Crippen LogP) is 20.0. The van der Waals surface area contributed by atoms with Crippen molar-refractivity contribution in [1.29, 1.82) is 0 Å². The van der Waals surface area contributed by atoms with Crippen molar-refractivity contribution in [2.75, 3.05) is 13.2 Å². The number of aliphatic hydroxyl groups is 2. The molecular weight excluding hydrogens is 875 g/mol. The molecule has 1 amide bonds. The number of esters is 1. The standard InChI is InChI=1S/C65H123NO5/c1-3-5-7-9-11-13-15-17-30-35-39-43-47-51-55-59-65(70)71-60-56-52-48-44-40-36-32-29-27-25-23-21-19-20-22-24-26-28-31-34-38-42-46-50-54-58-64(69)66-62(61-67)63(68)57-53-49-45-41-37-33-18-16-14-12-10-8-6-4-2/h17,20,22,30,53,57,62-63,67-68H,3-16,18-19,21,23-29,31-52,54-56,58-61H2,1-2H3,(H,66,69)/b22-20-,30-17-,57-53+. The van der Waals surface area contributed by atoms with E-state index in [1.807, 2.05) is 6.08 Å². The van der Waals surface area contributed by atoms with E-state index in [0.717, 1.165) is 44.9 Å². The summed E-state index contributed by atoms with van der Waals surface area (Å²) in [6, 6.07) is -0.630. The summed E-state index contributed by atoms with van der Waals surface area (Å²) in [4.78, 5) is 24.5. The zero-order valence-electron chi connectivity index (χ0n) is 47.7. The number of hydrogen-bond donors (Lipinski definition) is 3. The van der Waals surface area contributed by atoms with E-state index < -0.39 is 12.1 Å². The highest BCUT2D eigenvalue weighted by atomic mass is 16.5. The first-order chi connectivity index (χ1) is 35.0. The molecule has 0 spiro atoms. The minimum atomic E-state index is -0.846. The second-order valence-electron chi connectivity index (χ2n) is 21.7. The second kappa shape index (κ2) is 60.6. The molecular formula is C65H123NO5. The van der Waals surface area contributed by atoms with Gasteiger partial charge in [0.25, 0.3) is 0 Å². The lowest BCUT2D eigenvalue weighted by molar-refractivity contribution is -0.143. The van der Waals surface area contributed by atoms with Crippen LogP contribution in [0.2, 0.25) is 0 Å². The SMILES string of the molecule is CCCCCCCC/C=C\CCCCCCCC(=O)OCCCCCCCCCCCCCC/C=C\CCCCCCCCCCCC(=O)NC(CO)C(O)/C=C/CCCCCCCCCCCCCC. The van der Waals surface area contributed by atoms with Gasteiger partial charge in [0.1, 0.15) is 0 Å². The molecule has 0 saturated heterocycles. The molecule has 0 aliphatic rings. The maximum atomic E-state index is 12.5. The fraction of sp³-hybridized carbons (Fsp3) is 0.877. The molecule has 0 aromatic rings. The summed E-state index contributed by atoms with van der Waals surface area (Å²) in [5.74, 6) is -0.0652. The van der Waals surface area contributed by atoms with E-state index in [-0.39, 0.29) is 18.5 Å². The normalized spacial score (nSPS) is 12.8. The Balaban J connectivity index is 3.41. The summed E-state index contributed by atoms with van der Waals surface area (Å²) in [6.45, 7) is 4.90. The highest BCUT2D eigenvalue weighted by molar-refractivity contribution is 5.76. The van der Waals surface area contributed by atoms with E-state index in [1.165, 1.54) is 270 Å². The van der Waals surface area contributed by atoms with E-state index >= 15 is 0 Å². The van der Waals surface area contributed by atoms with Crippen molar-refractivity contribution >= 4 is 11.9 Å². The fourth-order valence-electron chi connectivity index (χ4n) is 9.74. The van der Waals surface area contributed by atoms with Crippen molar-refractivity contribution in [1.82, 2.24) is 5.32 Å². The minimum Gasteiger partial charge on any atom is -0.466 e. The zero-order valence-corrected chi connectivity index (χ0v) is 47.7. The van der Waals surface area contributed by atoms with E-state index in [2.05, 4.69) is 43.5 Å². The van der Waals surface area contributed by atoms with Gasteiger partial charge in [0.15, 0.2) is 0 Å². The van der Waals surface area contributed by atoms with E-state index in [4.69, 9.17) is 4.74 Å². The molecule has 0 heterocycles. The Hall–Kier alpha value is -1.92. The number of hydrogen-bond acceptors (Lipinski definition) is 5. The van der Waals surface area contributed by atoms with Crippen LogP contribution in [-0.2, 0) is 14.3 Å². The van der Waals surface area contributed by atoms with Crippen molar-refractivity contribution in [3.05, 3.63) is 36.5 Å². The van der Waals surface area contributed by atoms with Crippen LogP contribution in [0.5, 0.6) is 0 Å². The van der Waals surface area contributed by atoms with Gasteiger partial charge in [-0.25, -0.2) is 0 Å². The van der Waals surface area contributed by atoms with Crippen LogP contribution in [0.3, 0.4) is 0 Å². The van der Waals surface area contributed by atoms with E-state index in [1.54, 1.807) is 6.08 Å². The third kappa shape index (κ3) is 57.2. The molecule has 0 radical (unpaired) electrons. The first kappa shape index (κ1) is 69.1. The maximum Gasteiger partial charge on any atom is 0.305 e. The Labute approximate surface area is 443 Å². The molecule has 2 unspecified atom stereocenters. The molecule has 0 saturated carbocycles. The molecule has 6 heteroatoms. The molecule has 0 aromatic carbocycles. The van der Waals surface area contributed by atoms with Crippen molar-refractivity contribution < 1.29 is 24.5 Å². The molecule has 2 atom stereocenters. The van der Waals surface area contributed by atoms with Gasteiger partial charge in [-0.1, -0.05) is 281 Å². The highest BCUT2D eigenvalue weighted by Crippen LogP contribution is 2.17. The number of allylic oxidation sites excluding steroid dienone is 5. The number of aliphatic hydroxyl groups excluding tert-OH is 2. The Bertz CT molecular complexity index is 1150. The summed E-state index contributed by atoms with van der Waals surface area (Å²) in [5, 5.41) is 23.1. The Morgan fingerprint density at radius 1 is 0.380 bits per heavy atom. The molecule has 418 valence electrons. The van der Waals surface area contributed by atoms with Crippen molar-refractivity contribution in [3.8, 4) is 0 Å². The number of carbonyl (C=O) groups is 2. The zero-order chi connectivity index (χ0) is 51.4. The predicted molar refractivity (Wildman–Crippen MR) is 310 cm³/mol. The maximum absolute atomic E-state index is 12.5. The van der Waals surface area contributed by atoms with Crippen LogP contribution in [0.4, 0.5) is 0 Å². The molecule has 0 aromatic heterocycles. The van der Waals surface area contributed by atoms with Gasteiger partial charge < -0.3 is 20.3 Å². The van der Waals surface area contributed by atoms with Gasteiger partial charge in [-0.2, -0.15) is 0 Å². The summed E-state index contributed by atoms with van der Waals surface area (Å²) < 4.78 is 5.48. The average Bonchev–Trinajstić information content (AvgIpc) is 3.37. The summed E-state index contributed by atoms with van der Waals surface area (Å²) in [6.07, 6.45) is 76.2. The largest absolute Gasteiger partial charge is 0.466 e. The molecule has 0 bridgehead atoms. The van der Waals surface area contributed by atoms with Gasteiger partial charge >= 0.3 is 5.97 Å². The summed E-state index contributed by atoms with van der Waals surface area (Å²) >= 11 is 0.